The quantitative estimate of drug-likeness (QED) is 0.414. The number of halogens is 1. The van der Waals surface area contributed by atoms with Crippen LogP contribution in [0, 0.1) is 27.8 Å². The first-order valence-corrected chi connectivity index (χ1v) is 3.69. The Balaban J connectivity index is 3.22. The number of nitrogens with zero attached hydrogens (tertiary/aromatic N) is 1. The second-order valence-corrected chi connectivity index (χ2v) is 2.38. The fraction of sp³-hybridized carbons (Fsp3) is 0.111. The van der Waals surface area contributed by atoms with Gasteiger partial charge in [-0.2, -0.15) is 0 Å². The summed E-state index contributed by atoms with van der Waals surface area (Å²) in [5, 5.41) is 18.8. The molecule has 1 aromatic carbocycles. The van der Waals surface area contributed by atoms with Gasteiger partial charge in [0.05, 0.1) is 11.0 Å². The molecule has 0 spiro atoms. The van der Waals surface area contributed by atoms with Gasteiger partial charge in [-0.25, -0.2) is 4.39 Å². The molecule has 5 heteroatoms. The van der Waals surface area contributed by atoms with Gasteiger partial charge in [0.25, 0.3) is 5.69 Å². The van der Waals surface area contributed by atoms with Gasteiger partial charge in [0.2, 0.25) is 0 Å². The molecule has 1 N–H and O–H groups in total. The third-order valence-electron chi connectivity index (χ3n) is 1.46. The van der Waals surface area contributed by atoms with Gasteiger partial charge in [-0.1, -0.05) is 11.8 Å². The molecule has 0 unspecified atom stereocenters. The second-order valence-electron chi connectivity index (χ2n) is 2.38. The monoisotopic (exact) mass is 195 g/mol. The first-order valence-electron chi connectivity index (χ1n) is 3.69. The Bertz CT molecular complexity index is 420. The van der Waals surface area contributed by atoms with Crippen molar-refractivity contribution in [2.75, 3.05) is 6.61 Å². The molecule has 4 nitrogen and oxygen atoms in total. The summed E-state index contributed by atoms with van der Waals surface area (Å²) in [6, 6.07) is 3.08. The van der Waals surface area contributed by atoms with E-state index in [9.17, 15) is 14.5 Å². The van der Waals surface area contributed by atoms with Gasteiger partial charge >= 0.3 is 0 Å². The van der Waals surface area contributed by atoms with Gasteiger partial charge in [0.1, 0.15) is 18.0 Å². The lowest BCUT2D eigenvalue weighted by Crippen LogP contribution is -1.93. The molecule has 0 aliphatic rings. The molecule has 0 saturated heterocycles. The zero-order chi connectivity index (χ0) is 10.6. The smallest absolute Gasteiger partial charge is 0.287 e. The molecule has 0 amide bonds. The van der Waals surface area contributed by atoms with Crippen LogP contribution in [0.2, 0.25) is 0 Å². The molecular formula is C9H6FNO3. The molecule has 0 aliphatic heterocycles. The van der Waals surface area contributed by atoms with Crippen LogP contribution in [0.4, 0.5) is 10.1 Å². The number of aliphatic hydroxyl groups excluding tert-OH is 1. The normalized spacial score (nSPS) is 9.00. The highest BCUT2D eigenvalue weighted by Crippen LogP contribution is 2.18. The van der Waals surface area contributed by atoms with Gasteiger partial charge < -0.3 is 5.11 Å². The first-order chi connectivity index (χ1) is 6.65. The lowest BCUT2D eigenvalue weighted by molar-refractivity contribution is -0.385. The topological polar surface area (TPSA) is 63.4 Å². The summed E-state index contributed by atoms with van der Waals surface area (Å²) in [5.41, 5.74) is -0.309. The molecule has 0 radical (unpaired) electrons. The first kappa shape index (κ1) is 10.2. The van der Waals surface area contributed by atoms with Crippen molar-refractivity contribution in [3.63, 3.8) is 0 Å². The fourth-order valence-electron chi connectivity index (χ4n) is 0.896. The van der Waals surface area contributed by atoms with E-state index in [-0.39, 0.29) is 5.56 Å². The van der Waals surface area contributed by atoms with Gasteiger partial charge in [-0.15, -0.1) is 0 Å². The van der Waals surface area contributed by atoms with E-state index >= 15 is 0 Å². The Morgan fingerprint density at radius 3 is 2.86 bits per heavy atom. The molecule has 14 heavy (non-hydrogen) atoms. The highest BCUT2D eigenvalue weighted by atomic mass is 19.1. The largest absolute Gasteiger partial charge is 0.384 e. The zero-order valence-corrected chi connectivity index (χ0v) is 7.03. The maximum absolute atomic E-state index is 12.6. The van der Waals surface area contributed by atoms with Crippen molar-refractivity contribution in [3.8, 4) is 11.8 Å². The van der Waals surface area contributed by atoms with E-state index in [1.807, 2.05) is 0 Å². The van der Waals surface area contributed by atoms with E-state index in [2.05, 4.69) is 11.8 Å². The summed E-state index contributed by atoms with van der Waals surface area (Å²) >= 11 is 0. The predicted octanol–water partition coefficient (Wildman–Crippen LogP) is 1.08. The van der Waals surface area contributed by atoms with Crippen molar-refractivity contribution in [2.24, 2.45) is 0 Å². The number of hydrogen-bond acceptors (Lipinski definition) is 3. The number of rotatable bonds is 1. The fourth-order valence-corrected chi connectivity index (χ4v) is 0.896. The number of aliphatic hydroxyl groups is 1. The van der Waals surface area contributed by atoms with Gasteiger partial charge in [0, 0.05) is 0 Å². The number of nitro groups is 1. The van der Waals surface area contributed by atoms with E-state index in [0.717, 1.165) is 12.1 Å². The molecule has 72 valence electrons. The van der Waals surface area contributed by atoms with Crippen molar-refractivity contribution in [1.29, 1.82) is 0 Å². The molecule has 0 aliphatic carbocycles. The minimum absolute atomic E-state index is 0.0884. The molecule has 0 fully saturated rings. The number of hydrogen-bond donors (Lipinski definition) is 1. The van der Waals surface area contributed by atoms with Crippen molar-refractivity contribution < 1.29 is 14.4 Å². The summed E-state index contributed by atoms with van der Waals surface area (Å²) < 4.78 is 12.6. The standard InChI is InChI=1S/C9H6FNO3/c10-8-4-3-7(2-1-5-12)9(6-8)11(13)14/h3-4,6,12H,5H2. The maximum atomic E-state index is 12.6. The molecular weight excluding hydrogens is 189 g/mol. The van der Waals surface area contributed by atoms with Crippen LogP contribution in [0.25, 0.3) is 0 Å². The molecule has 0 atom stereocenters. The van der Waals surface area contributed by atoms with Crippen LogP contribution in [0.15, 0.2) is 18.2 Å². The van der Waals surface area contributed by atoms with E-state index in [4.69, 9.17) is 5.11 Å². The Kier molecular flexibility index (Phi) is 3.15. The lowest BCUT2D eigenvalue weighted by atomic mass is 10.2. The molecule has 1 aromatic rings. The summed E-state index contributed by atoms with van der Waals surface area (Å²) in [4.78, 5) is 9.73. The van der Waals surface area contributed by atoms with E-state index < -0.39 is 23.0 Å². The maximum Gasteiger partial charge on any atom is 0.287 e. The van der Waals surface area contributed by atoms with Crippen LogP contribution >= 0.6 is 0 Å². The molecule has 1 rings (SSSR count). The van der Waals surface area contributed by atoms with Crippen LogP contribution in [0.5, 0.6) is 0 Å². The van der Waals surface area contributed by atoms with Crippen LogP contribution in [-0.2, 0) is 0 Å². The highest BCUT2D eigenvalue weighted by molar-refractivity contribution is 5.50. The number of benzene rings is 1. The zero-order valence-electron chi connectivity index (χ0n) is 7.03. The SMILES string of the molecule is O=[N+]([O-])c1cc(F)ccc1C#CCO. The van der Waals surface area contributed by atoms with E-state index in [1.54, 1.807) is 0 Å². The lowest BCUT2D eigenvalue weighted by Gasteiger charge is -1.94. The van der Waals surface area contributed by atoms with Crippen LogP contribution in [0.1, 0.15) is 5.56 Å². The molecule has 0 aromatic heterocycles. The van der Waals surface area contributed by atoms with Crippen molar-refractivity contribution >= 4 is 5.69 Å². The predicted molar refractivity (Wildman–Crippen MR) is 47.0 cm³/mol. The van der Waals surface area contributed by atoms with Crippen molar-refractivity contribution in [1.82, 2.24) is 0 Å². The van der Waals surface area contributed by atoms with Gasteiger partial charge in [-0.05, 0) is 12.1 Å². The Labute approximate surface area is 79.1 Å². The molecule has 0 saturated carbocycles. The third kappa shape index (κ3) is 2.28. The van der Waals surface area contributed by atoms with Crippen molar-refractivity contribution in [3.05, 3.63) is 39.7 Å². The minimum Gasteiger partial charge on any atom is -0.384 e. The van der Waals surface area contributed by atoms with Gasteiger partial charge in [-0.3, -0.25) is 10.1 Å². The minimum atomic E-state index is -0.718. The van der Waals surface area contributed by atoms with Gasteiger partial charge in [0.15, 0.2) is 0 Å². The highest BCUT2D eigenvalue weighted by Gasteiger charge is 2.12. The average Bonchev–Trinajstić information content (AvgIpc) is 2.15. The Morgan fingerprint density at radius 2 is 2.29 bits per heavy atom. The summed E-state index contributed by atoms with van der Waals surface area (Å²) in [6.07, 6.45) is 0. The summed E-state index contributed by atoms with van der Waals surface area (Å²) in [6.45, 7) is -0.394. The van der Waals surface area contributed by atoms with Crippen LogP contribution in [0.3, 0.4) is 0 Å². The second kappa shape index (κ2) is 4.35. The molecule has 0 bridgehead atoms. The van der Waals surface area contributed by atoms with Crippen molar-refractivity contribution in [2.45, 2.75) is 0 Å². The van der Waals surface area contributed by atoms with Crippen LogP contribution < -0.4 is 0 Å². The van der Waals surface area contributed by atoms with E-state index in [1.165, 1.54) is 6.07 Å². The summed E-state index contributed by atoms with van der Waals surface area (Å²) in [5.74, 6) is 3.93. The Morgan fingerprint density at radius 1 is 1.57 bits per heavy atom. The van der Waals surface area contributed by atoms with Crippen LogP contribution in [-0.4, -0.2) is 16.6 Å². The molecule has 0 heterocycles. The Hall–Kier alpha value is -1.93. The number of nitro benzene ring substituents is 1. The third-order valence-corrected chi connectivity index (χ3v) is 1.46. The van der Waals surface area contributed by atoms with E-state index in [0.29, 0.717) is 0 Å². The summed E-state index contributed by atoms with van der Waals surface area (Å²) in [7, 11) is 0. The average molecular weight is 195 g/mol.